The van der Waals surface area contributed by atoms with Crippen LogP contribution in [0.5, 0.6) is 0 Å². The summed E-state index contributed by atoms with van der Waals surface area (Å²) in [5, 5.41) is 0. The third kappa shape index (κ3) is 4.30. The lowest BCUT2D eigenvalue weighted by molar-refractivity contribution is 0.331. The van der Waals surface area contributed by atoms with Crippen LogP contribution in [0.4, 0.5) is 0 Å². The number of hydrogen-bond donors (Lipinski definition) is 0. The maximum atomic E-state index is 13.4. The van der Waals surface area contributed by atoms with Crippen LogP contribution in [0, 0.1) is 0 Å². The van der Waals surface area contributed by atoms with Crippen molar-refractivity contribution >= 4 is 21.8 Å². The van der Waals surface area contributed by atoms with E-state index >= 15 is 0 Å². The van der Waals surface area contributed by atoms with Crippen molar-refractivity contribution in [1.82, 2.24) is 9.29 Å². The van der Waals surface area contributed by atoms with Crippen LogP contribution in [0.1, 0.15) is 38.4 Å². The van der Waals surface area contributed by atoms with E-state index in [1.807, 2.05) is 42.1 Å². The molecule has 4 nitrogen and oxygen atoms in total. The van der Waals surface area contributed by atoms with Gasteiger partial charge in [-0.2, -0.15) is 16.1 Å². The van der Waals surface area contributed by atoms with Crippen LogP contribution in [0.2, 0.25) is 0 Å². The molecule has 0 N–H and O–H groups in total. The quantitative estimate of drug-likeness (QED) is 0.772. The van der Waals surface area contributed by atoms with Crippen molar-refractivity contribution in [3.8, 4) is 0 Å². The zero-order valence-electron chi connectivity index (χ0n) is 15.6. The van der Waals surface area contributed by atoms with Crippen LogP contribution < -0.4 is 0 Å². The van der Waals surface area contributed by atoms with Gasteiger partial charge in [0.25, 0.3) is 0 Å². The molecule has 0 radical (unpaired) electrons. The summed E-state index contributed by atoms with van der Waals surface area (Å²) in [6.07, 6.45) is 2.60. The highest BCUT2D eigenvalue weighted by molar-refractivity contribution is 7.99. The molecule has 1 fully saturated rings. The number of pyridine rings is 1. The predicted molar refractivity (Wildman–Crippen MR) is 108 cm³/mol. The molecular formula is C20H26N2O2S2. The molecule has 0 unspecified atom stereocenters. The van der Waals surface area contributed by atoms with E-state index in [4.69, 9.17) is 0 Å². The third-order valence-corrected chi connectivity index (χ3v) is 7.74. The van der Waals surface area contributed by atoms with E-state index < -0.39 is 10.0 Å². The predicted octanol–water partition coefficient (Wildman–Crippen LogP) is 4.08. The van der Waals surface area contributed by atoms with Crippen LogP contribution in [0.25, 0.3) is 0 Å². The molecular weight excluding hydrogens is 364 g/mol. The first-order valence-corrected chi connectivity index (χ1v) is 11.5. The van der Waals surface area contributed by atoms with Crippen molar-refractivity contribution in [2.24, 2.45) is 0 Å². The molecule has 1 atom stereocenters. The van der Waals surface area contributed by atoms with Gasteiger partial charge in [0.05, 0.1) is 17.1 Å². The first-order chi connectivity index (χ1) is 12.3. The minimum Gasteiger partial charge on any atom is -0.260 e. The Bertz CT molecular complexity index is 822. The molecule has 140 valence electrons. The van der Waals surface area contributed by atoms with Gasteiger partial charge in [0.2, 0.25) is 10.0 Å². The van der Waals surface area contributed by atoms with Crippen molar-refractivity contribution in [1.29, 1.82) is 0 Å². The van der Waals surface area contributed by atoms with Gasteiger partial charge >= 0.3 is 0 Å². The molecule has 2 heterocycles. The Labute approximate surface area is 161 Å². The minimum absolute atomic E-state index is 0.00195. The highest BCUT2D eigenvalue weighted by Gasteiger charge is 2.34. The summed E-state index contributed by atoms with van der Waals surface area (Å²) < 4.78 is 28.4. The van der Waals surface area contributed by atoms with E-state index in [0.29, 0.717) is 11.4 Å². The maximum absolute atomic E-state index is 13.4. The fourth-order valence-corrected chi connectivity index (χ4v) is 6.02. The Hall–Kier alpha value is -1.37. The highest BCUT2D eigenvalue weighted by Crippen LogP contribution is 2.30. The van der Waals surface area contributed by atoms with Crippen molar-refractivity contribution in [2.75, 3.05) is 11.5 Å². The molecule has 1 aliphatic rings. The summed E-state index contributed by atoms with van der Waals surface area (Å²) >= 11 is 1.81. The molecule has 2 aromatic rings. The molecule has 6 heteroatoms. The van der Waals surface area contributed by atoms with Crippen molar-refractivity contribution < 1.29 is 8.42 Å². The second-order valence-corrected chi connectivity index (χ2v) is 10.7. The van der Waals surface area contributed by atoms with Gasteiger partial charge in [-0.15, -0.1) is 0 Å². The number of hydrogen-bond acceptors (Lipinski definition) is 4. The normalized spacial score (nSPS) is 18.4. The van der Waals surface area contributed by atoms with E-state index in [-0.39, 0.29) is 11.5 Å². The zero-order valence-corrected chi connectivity index (χ0v) is 17.2. The van der Waals surface area contributed by atoms with Gasteiger partial charge in [-0.05, 0) is 47.4 Å². The van der Waals surface area contributed by atoms with Gasteiger partial charge in [-0.1, -0.05) is 39.0 Å². The van der Waals surface area contributed by atoms with Gasteiger partial charge in [0, 0.05) is 18.0 Å². The molecule has 1 aliphatic heterocycles. The second kappa shape index (κ2) is 7.71. The third-order valence-electron chi connectivity index (χ3n) is 4.68. The molecule has 0 aliphatic carbocycles. The number of sulfonamides is 1. The molecule has 1 saturated heterocycles. The summed E-state index contributed by atoms with van der Waals surface area (Å²) in [5.41, 5.74) is 1.90. The van der Waals surface area contributed by atoms with E-state index in [0.717, 1.165) is 29.2 Å². The number of benzene rings is 1. The van der Waals surface area contributed by atoms with Crippen molar-refractivity contribution in [3.05, 3.63) is 59.9 Å². The van der Waals surface area contributed by atoms with Gasteiger partial charge in [-0.3, -0.25) is 4.98 Å². The lowest BCUT2D eigenvalue weighted by Crippen LogP contribution is -2.40. The molecule has 1 aromatic heterocycles. The van der Waals surface area contributed by atoms with E-state index in [1.165, 1.54) is 0 Å². The Morgan fingerprint density at radius 2 is 1.88 bits per heavy atom. The zero-order chi connectivity index (χ0) is 18.8. The summed E-state index contributed by atoms with van der Waals surface area (Å²) in [5.74, 6) is 1.84. The van der Waals surface area contributed by atoms with Gasteiger partial charge in [0.15, 0.2) is 0 Å². The average Bonchev–Trinajstić information content (AvgIpc) is 3.14. The Morgan fingerprint density at radius 3 is 2.42 bits per heavy atom. The molecule has 26 heavy (non-hydrogen) atoms. The molecule has 0 bridgehead atoms. The lowest BCUT2D eigenvalue weighted by atomic mass is 9.87. The highest BCUT2D eigenvalue weighted by atomic mass is 32.2. The Kier molecular flexibility index (Phi) is 5.75. The van der Waals surface area contributed by atoms with Crippen LogP contribution >= 0.6 is 11.8 Å². The number of thioether (sulfide) groups is 1. The minimum atomic E-state index is -3.56. The average molecular weight is 391 g/mol. The fraction of sp³-hybridized carbons (Fsp3) is 0.450. The van der Waals surface area contributed by atoms with Crippen molar-refractivity contribution in [3.63, 3.8) is 0 Å². The molecule has 3 rings (SSSR count). The monoisotopic (exact) mass is 390 g/mol. The van der Waals surface area contributed by atoms with Gasteiger partial charge in [0.1, 0.15) is 0 Å². The Balaban J connectivity index is 1.93. The Morgan fingerprint density at radius 1 is 1.15 bits per heavy atom. The maximum Gasteiger partial charge on any atom is 0.243 e. The van der Waals surface area contributed by atoms with E-state index in [2.05, 4.69) is 25.8 Å². The molecule has 0 saturated carbocycles. The molecule has 0 spiro atoms. The van der Waals surface area contributed by atoms with Crippen LogP contribution in [0.15, 0.2) is 53.6 Å². The van der Waals surface area contributed by atoms with E-state index in [1.54, 1.807) is 22.6 Å². The van der Waals surface area contributed by atoms with Crippen molar-refractivity contribution in [2.45, 2.75) is 50.1 Å². The standard InChI is InChI=1S/C20H26N2O2S2/c1-20(2,3)16-7-9-19(10-8-16)26(23,24)22(18-11-13-25-15-18)14-17-6-4-5-12-21-17/h4-10,12,18H,11,13-15H2,1-3H3/t18-/m0/s1. The number of rotatable bonds is 5. The lowest BCUT2D eigenvalue weighted by Gasteiger charge is -2.28. The number of aromatic nitrogens is 1. The first-order valence-electron chi connectivity index (χ1n) is 8.88. The summed E-state index contributed by atoms with van der Waals surface area (Å²) in [4.78, 5) is 4.69. The molecule has 0 amide bonds. The molecule has 1 aromatic carbocycles. The van der Waals surface area contributed by atoms with E-state index in [9.17, 15) is 8.42 Å². The van der Waals surface area contributed by atoms with Crippen LogP contribution in [-0.2, 0) is 22.0 Å². The van der Waals surface area contributed by atoms with Crippen LogP contribution in [-0.4, -0.2) is 35.3 Å². The van der Waals surface area contributed by atoms with Crippen LogP contribution in [0.3, 0.4) is 0 Å². The summed E-state index contributed by atoms with van der Waals surface area (Å²) in [6.45, 7) is 6.69. The largest absolute Gasteiger partial charge is 0.260 e. The topological polar surface area (TPSA) is 50.3 Å². The summed E-state index contributed by atoms with van der Waals surface area (Å²) in [6, 6.07) is 13.0. The van der Waals surface area contributed by atoms with Gasteiger partial charge in [-0.25, -0.2) is 8.42 Å². The SMILES string of the molecule is CC(C)(C)c1ccc(S(=O)(=O)N(Cc2ccccn2)[C@H]2CCSC2)cc1. The fourth-order valence-electron chi connectivity index (χ4n) is 3.07. The smallest absolute Gasteiger partial charge is 0.243 e. The van der Waals surface area contributed by atoms with Gasteiger partial charge < -0.3 is 0 Å². The number of nitrogens with zero attached hydrogens (tertiary/aromatic N) is 2. The second-order valence-electron chi connectivity index (χ2n) is 7.66. The summed E-state index contributed by atoms with van der Waals surface area (Å²) in [7, 11) is -3.56. The first kappa shape index (κ1) is 19.4.